The number of rotatable bonds is 9. The zero-order valence-electron chi connectivity index (χ0n) is 16.2. The average Bonchev–Trinajstić information content (AvgIpc) is 3.24. The average molecular weight is 449 g/mol. The number of hydrogen-bond donors (Lipinski definition) is 3. The van der Waals surface area contributed by atoms with Crippen molar-refractivity contribution in [1.29, 1.82) is 0 Å². The lowest BCUT2D eigenvalue weighted by atomic mass is 10.3. The smallest absolute Gasteiger partial charge is 0.349 e. The SMILES string of the molecule is COC(=O)c1sccc1S(=O)(=O)NCCNc1ccc(Nc2ccc(C)cn2)nn1. The largest absolute Gasteiger partial charge is 0.465 e. The summed E-state index contributed by atoms with van der Waals surface area (Å²) in [6.07, 6.45) is 1.75. The first-order chi connectivity index (χ1) is 14.4. The number of esters is 1. The Morgan fingerprint density at radius 1 is 1.07 bits per heavy atom. The first-order valence-electron chi connectivity index (χ1n) is 8.82. The van der Waals surface area contributed by atoms with Gasteiger partial charge in [-0.25, -0.2) is 22.9 Å². The number of sulfonamides is 1. The monoisotopic (exact) mass is 448 g/mol. The molecule has 0 atom stereocenters. The molecule has 0 aliphatic rings. The summed E-state index contributed by atoms with van der Waals surface area (Å²) in [6.45, 7) is 2.32. The molecule has 10 nitrogen and oxygen atoms in total. The quantitative estimate of drug-likeness (QED) is 0.332. The molecule has 3 rings (SSSR count). The first-order valence-corrected chi connectivity index (χ1v) is 11.2. The summed E-state index contributed by atoms with van der Waals surface area (Å²) in [4.78, 5) is 15.8. The molecule has 3 heterocycles. The summed E-state index contributed by atoms with van der Waals surface area (Å²) in [7, 11) is -2.63. The molecule has 3 N–H and O–H groups in total. The number of carbonyl (C=O) groups excluding carboxylic acids is 1. The number of thiophene rings is 1. The van der Waals surface area contributed by atoms with Crippen molar-refractivity contribution in [3.63, 3.8) is 0 Å². The highest BCUT2D eigenvalue weighted by atomic mass is 32.2. The van der Waals surface area contributed by atoms with Gasteiger partial charge in [0.25, 0.3) is 0 Å². The molecule has 0 aromatic carbocycles. The fraction of sp³-hybridized carbons (Fsp3) is 0.222. The summed E-state index contributed by atoms with van der Waals surface area (Å²) >= 11 is 1.01. The Labute approximate surface area is 177 Å². The molecule has 0 bridgehead atoms. The van der Waals surface area contributed by atoms with Gasteiger partial charge in [0, 0.05) is 19.3 Å². The fourth-order valence-corrected chi connectivity index (χ4v) is 4.73. The van der Waals surface area contributed by atoms with Crippen molar-refractivity contribution in [2.24, 2.45) is 0 Å². The maximum Gasteiger partial charge on any atom is 0.349 e. The molecular weight excluding hydrogens is 428 g/mol. The summed E-state index contributed by atoms with van der Waals surface area (Å²) in [5, 5.41) is 15.6. The lowest BCUT2D eigenvalue weighted by molar-refractivity contribution is 0.0602. The van der Waals surface area contributed by atoms with Crippen LogP contribution in [0.5, 0.6) is 0 Å². The van der Waals surface area contributed by atoms with Crippen LogP contribution in [0.25, 0.3) is 0 Å². The van der Waals surface area contributed by atoms with Crippen LogP contribution < -0.4 is 15.4 Å². The maximum atomic E-state index is 12.4. The van der Waals surface area contributed by atoms with Gasteiger partial charge in [-0.15, -0.1) is 21.5 Å². The second kappa shape index (κ2) is 9.61. The van der Waals surface area contributed by atoms with Crippen molar-refractivity contribution in [3.8, 4) is 0 Å². The van der Waals surface area contributed by atoms with E-state index in [-0.39, 0.29) is 22.9 Å². The van der Waals surface area contributed by atoms with Crippen LogP contribution in [-0.2, 0) is 14.8 Å². The van der Waals surface area contributed by atoms with Crippen molar-refractivity contribution in [1.82, 2.24) is 19.9 Å². The van der Waals surface area contributed by atoms with E-state index in [1.807, 2.05) is 19.1 Å². The molecule has 0 aliphatic heterocycles. The van der Waals surface area contributed by atoms with E-state index >= 15 is 0 Å². The van der Waals surface area contributed by atoms with Gasteiger partial charge in [-0.05, 0) is 42.1 Å². The normalized spacial score (nSPS) is 11.1. The number of ether oxygens (including phenoxy) is 1. The Morgan fingerprint density at radius 2 is 1.80 bits per heavy atom. The molecule has 3 aromatic rings. The van der Waals surface area contributed by atoms with Gasteiger partial charge in [0.2, 0.25) is 10.0 Å². The molecule has 0 saturated carbocycles. The van der Waals surface area contributed by atoms with Crippen molar-refractivity contribution in [3.05, 3.63) is 52.3 Å². The highest BCUT2D eigenvalue weighted by molar-refractivity contribution is 7.89. The number of anilines is 3. The number of nitrogens with one attached hydrogen (secondary N) is 3. The minimum Gasteiger partial charge on any atom is -0.465 e. The standard InChI is InChI=1S/C18H20N6O4S2/c1-12-3-4-14(20-11-12)22-16-6-5-15(23-24-16)19-8-9-21-30(26,27)13-7-10-29-17(13)18(25)28-2/h3-7,10-11,21H,8-9H2,1-2H3,(H,19,23)(H,20,22,24). The molecule has 158 valence electrons. The summed E-state index contributed by atoms with van der Waals surface area (Å²) < 4.78 is 31.9. The summed E-state index contributed by atoms with van der Waals surface area (Å²) in [5.41, 5.74) is 1.06. The lowest BCUT2D eigenvalue weighted by Gasteiger charge is -2.09. The highest BCUT2D eigenvalue weighted by Gasteiger charge is 2.24. The number of carbonyl (C=O) groups is 1. The molecule has 0 amide bonds. The topological polar surface area (TPSA) is 135 Å². The molecule has 0 fully saturated rings. The number of nitrogens with zero attached hydrogens (tertiary/aromatic N) is 3. The minimum atomic E-state index is -3.83. The van der Waals surface area contributed by atoms with E-state index in [1.54, 1.807) is 18.3 Å². The second-order valence-electron chi connectivity index (χ2n) is 6.08. The Morgan fingerprint density at radius 3 is 2.47 bits per heavy atom. The fourth-order valence-electron chi connectivity index (χ4n) is 2.37. The third-order valence-corrected chi connectivity index (χ3v) is 6.37. The van der Waals surface area contributed by atoms with E-state index < -0.39 is 16.0 Å². The number of methoxy groups -OCH3 is 1. The van der Waals surface area contributed by atoms with Crippen LogP contribution in [-0.4, -0.2) is 49.8 Å². The molecule has 0 unspecified atom stereocenters. The van der Waals surface area contributed by atoms with Gasteiger partial charge in [-0.3, -0.25) is 0 Å². The van der Waals surface area contributed by atoms with Crippen molar-refractivity contribution in [2.45, 2.75) is 11.8 Å². The molecule has 30 heavy (non-hydrogen) atoms. The van der Waals surface area contributed by atoms with Crippen LogP contribution >= 0.6 is 11.3 Å². The Kier molecular flexibility index (Phi) is 6.92. The van der Waals surface area contributed by atoms with Gasteiger partial charge in [-0.1, -0.05) is 6.07 Å². The number of aromatic nitrogens is 3. The third-order valence-electron chi connectivity index (χ3n) is 3.84. The minimum absolute atomic E-state index is 0.0370. The Balaban J connectivity index is 1.50. The zero-order chi connectivity index (χ0) is 21.6. The third kappa shape index (κ3) is 5.49. The summed E-state index contributed by atoms with van der Waals surface area (Å²) in [6, 6.07) is 8.59. The lowest BCUT2D eigenvalue weighted by Crippen LogP contribution is -2.29. The van der Waals surface area contributed by atoms with Crippen LogP contribution in [0.1, 0.15) is 15.2 Å². The zero-order valence-corrected chi connectivity index (χ0v) is 17.9. The van der Waals surface area contributed by atoms with Gasteiger partial charge in [0.1, 0.15) is 21.4 Å². The van der Waals surface area contributed by atoms with Gasteiger partial charge in [-0.2, -0.15) is 0 Å². The Hall–Kier alpha value is -3.09. The molecule has 3 aromatic heterocycles. The van der Waals surface area contributed by atoms with E-state index in [1.165, 1.54) is 18.6 Å². The first kappa shape index (κ1) is 21.6. The van der Waals surface area contributed by atoms with Crippen molar-refractivity contribution >= 4 is 44.8 Å². The van der Waals surface area contributed by atoms with Crippen LogP contribution in [0.15, 0.2) is 46.8 Å². The molecule has 0 saturated heterocycles. The molecule has 0 radical (unpaired) electrons. The number of aryl methyl sites for hydroxylation is 1. The van der Waals surface area contributed by atoms with Crippen LogP contribution in [0.4, 0.5) is 17.5 Å². The van der Waals surface area contributed by atoms with E-state index in [2.05, 4.69) is 35.3 Å². The highest BCUT2D eigenvalue weighted by Crippen LogP contribution is 2.22. The van der Waals surface area contributed by atoms with Gasteiger partial charge >= 0.3 is 5.97 Å². The Bertz CT molecular complexity index is 1100. The maximum absolute atomic E-state index is 12.4. The van der Waals surface area contributed by atoms with Gasteiger partial charge in [0.05, 0.1) is 7.11 Å². The van der Waals surface area contributed by atoms with Crippen LogP contribution in [0.2, 0.25) is 0 Å². The number of pyridine rings is 1. The number of hydrogen-bond acceptors (Lipinski definition) is 10. The van der Waals surface area contributed by atoms with Crippen molar-refractivity contribution < 1.29 is 17.9 Å². The van der Waals surface area contributed by atoms with Crippen LogP contribution in [0.3, 0.4) is 0 Å². The van der Waals surface area contributed by atoms with E-state index in [0.29, 0.717) is 17.5 Å². The molecular formula is C18H20N6O4S2. The second-order valence-corrected chi connectivity index (χ2v) is 8.73. The summed E-state index contributed by atoms with van der Waals surface area (Å²) in [5.74, 6) is 0.992. The van der Waals surface area contributed by atoms with Crippen LogP contribution in [0, 0.1) is 6.92 Å². The predicted molar refractivity (Wildman–Crippen MR) is 114 cm³/mol. The predicted octanol–water partition coefficient (Wildman–Crippen LogP) is 2.16. The van der Waals surface area contributed by atoms with Gasteiger partial charge < -0.3 is 15.4 Å². The van der Waals surface area contributed by atoms with E-state index in [4.69, 9.17) is 0 Å². The van der Waals surface area contributed by atoms with Crippen molar-refractivity contribution in [2.75, 3.05) is 30.8 Å². The van der Waals surface area contributed by atoms with Gasteiger partial charge in [0.15, 0.2) is 5.82 Å². The molecule has 0 spiro atoms. The van der Waals surface area contributed by atoms with E-state index in [0.717, 1.165) is 16.9 Å². The van der Waals surface area contributed by atoms with E-state index in [9.17, 15) is 13.2 Å². The molecule has 0 aliphatic carbocycles. The molecule has 12 heteroatoms.